The van der Waals surface area contributed by atoms with Gasteiger partial charge < -0.3 is 4.74 Å². The average Bonchev–Trinajstić information content (AvgIpc) is 1.60. The molecule has 0 fully saturated rings. The van der Waals surface area contributed by atoms with E-state index in [2.05, 4.69) is 4.74 Å². The van der Waals surface area contributed by atoms with E-state index in [1.165, 1.54) is 0 Å². The predicted octanol–water partition coefficient (Wildman–Crippen LogP) is 0.751. The lowest BCUT2D eigenvalue weighted by Gasteiger charge is -2.01. The SMILES string of the molecule is CC(=O)OC(=O)C(F)(F)F.[H+]. The van der Waals surface area contributed by atoms with Crippen molar-refractivity contribution in [2.24, 2.45) is 0 Å². The summed E-state index contributed by atoms with van der Waals surface area (Å²) in [6.45, 7) is 0.712. The summed E-state index contributed by atoms with van der Waals surface area (Å²) in [7, 11) is 0. The summed E-state index contributed by atoms with van der Waals surface area (Å²) in [6.07, 6.45) is -5.09. The first-order valence-electron chi connectivity index (χ1n) is 2.13. The molecule has 0 spiro atoms. The fourth-order valence-electron chi connectivity index (χ4n) is 0.188. The number of halogens is 3. The fraction of sp³-hybridized carbons (Fsp3) is 0.500. The van der Waals surface area contributed by atoms with E-state index in [0.717, 1.165) is 0 Å². The van der Waals surface area contributed by atoms with Crippen LogP contribution in [0.5, 0.6) is 0 Å². The van der Waals surface area contributed by atoms with Crippen molar-refractivity contribution < 1.29 is 28.9 Å². The van der Waals surface area contributed by atoms with Gasteiger partial charge in [0, 0.05) is 6.92 Å². The van der Waals surface area contributed by atoms with Gasteiger partial charge in [0.1, 0.15) is 0 Å². The van der Waals surface area contributed by atoms with Gasteiger partial charge >= 0.3 is 19.5 Å². The molecule has 0 atom stereocenters. The number of ether oxygens (including phenoxy) is 1. The molecule has 0 aromatic rings. The van der Waals surface area contributed by atoms with E-state index >= 15 is 0 Å². The molecule has 0 bridgehead atoms. The van der Waals surface area contributed by atoms with Gasteiger partial charge in [-0.15, -0.1) is 0 Å². The maximum absolute atomic E-state index is 11.2. The van der Waals surface area contributed by atoms with E-state index in [1.807, 2.05) is 0 Å². The summed E-state index contributed by atoms with van der Waals surface area (Å²) in [5.41, 5.74) is 0. The highest BCUT2D eigenvalue weighted by Gasteiger charge is 2.41. The molecule has 0 aliphatic carbocycles. The van der Waals surface area contributed by atoms with Crippen molar-refractivity contribution in [3.05, 3.63) is 0 Å². The van der Waals surface area contributed by atoms with Gasteiger partial charge in [0.2, 0.25) is 0 Å². The molecule has 58 valence electrons. The Kier molecular flexibility index (Phi) is 2.39. The van der Waals surface area contributed by atoms with Crippen LogP contribution in [0.1, 0.15) is 8.35 Å². The van der Waals surface area contributed by atoms with E-state index in [9.17, 15) is 22.8 Å². The van der Waals surface area contributed by atoms with Crippen LogP contribution in [0, 0.1) is 0 Å². The molecular weight excluding hydrogens is 153 g/mol. The Hall–Kier alpha value is -1.07. The van der Waals surface area contributed by atoms with Gasteiger partial charge in [-0.3, -0.25) is 4.79 Å². The predicted molar refractivity (Wildman–Crippen MR) is 23.9 cm³/mol. The third-order valence-corrected chi connectivity index (χ3v) is 0.468. The summed E-state index contributed by atoms with van der Waals surface area (Å²) in [4.78, 5) is 19.5. The van der Waals surface area contributed by atoms with E-state index in [-0.39, 0.29) is 1.43 Å². The van der Waals surface area contributed by atoms with Gasteiger partial charge in [0.05, 0.1) is 0 Å². The lowest BCUT2D eigenvalue weighted by Crippen LogP contribution is -2.26. The highest BCUT2D eigenvalue weighted by atomic mass is 19.4. The zero-order valence-corrected chi connectivity index (χ0v) is 4.86. The summed E-state index contributed by atoms with van der Waals surface area (Å²) >= 11 is 0. The van der Waals surface area contributed by atoms with Gasteiger partial charge in [-0.1, -0.05) is 0 Å². The minimum absolute atomic E-state index is 0. The first-order valence-corrected chi connectivity index (χ1v) is 2.13. The lowest BCUT2D eigenvalue weighted by molar-refractivity contribution is -0.201. The number of esters is 2. The van der Waals surface area contributed by atoms with Crippen molar-refractivity contribution in [3.63, 3.8) is 0 Å². The second-order valence-electron chi connectivity index (χ2n) is 1.38. The summed E-state index contributed by atoms with van der Waals surface area (Å²) in [5.74, 6) is -3.76. The topological polar surface area (TPSA) is 43.4 Å². The largest absolute Gasteiger partial charge is 1.00 e. The Morgan fingerprint density at radius 2 is 1.80 bits per heavy atom. The van der Waals surface area contributed by atoms with Crippen LogP contribution in [0.2, 0.25) is 0 Å². The minimum Gasteiger partial charge on any atom is -0.387 e. The molecule has 0 heterocycles. The molecule has 0 rings (SSSR count). The van der Waals surface area contributed by atoms with Crippen molar-refractivity contribution in [3.8, 4) is 0 Å². The maximum atomic E-state index is 11.2. The third-order valence-electron chi connectivity index (χ3n) is 0.468. The van der Waals surface area contributed by atoms with Crippen LogP contribution in [0.3, 0.4) is 0 Å². The lowest BCUT2D eigenvalue weighted by atomic mass is 10.6. The molecule has 6 heteroatoms. The number of hydrogen-bond acceptors (Lipinski definition) is 3. The normalized spacial score (nSPS) is 10.8. The van der Waals surface area contributed by atoms with Crippen molar-refractivity contribution in [2.45, 2.75) is 13.1 Å². The zero-order valence-electron chi connectivity index (χ0n) is 5.86. The van der Waals surface area contributed by atoms with Crippen LogP contribution in [-0.2, 0) is 14.3 Å². The van der Waals surface area contributed by atoms with E-state index < -0.39 is 18.1 Å². The van der Waals surface area contributed by atoms with Gasteiger partial charge in [0.15, 0.2) is 0 Å². The van der Waals surface area contributed by atoms with E-state index in [4.69, 9.17) is 0 Å². The molecule has 0 saturated carbocycles. The molecular formula is C4H4F3O3+. The van der Waals surface area contributed by atoms with Crippen LogP contribution in [0.4, 0.5) is 13.2 Å². The first kappa shape index (κ1) is 8.93. The Morgan fingerprint density at radius 3 is 1.90 bits per heavy atom. The molecule has 0 aromatic carbocycles. The summed E-state index contributed by atoms with van der Waals surface area (Å²) in [5, 5.41) is 0. The summed E-state index contributed by atoms with van der Waals surface area (Å²) < 4.78 is 36.8. The molecule has 3 nitrogen and oxygen atoms in total. The van der Waals surface area contributed by atoms with E-state index in [1.54, 1.807) is 0 Å². The molecule has 0 aromatic heterocycles. The minimum atomic E-state index is -5.09. The van der Waals surface area contributed by atoms with Gasteiger partial charge in [-0.05, 0) is 0 Å². The third kappa shape index (κ3) is 3.06. The van der Waals surface area contributed by atoms with Gasteiger partial charge in [-0.2, -0.15) is 13.2 Å². The Balaban J connectivity index is 0. The van der Waals surface area contributed by atoms with Gasteiger partial charge in [-0.25, -0.2) is 4.79 Å². The number of rotatable bonds is 0. The van der Waals surface area contributed by atoms with Crippen molar-refractivity contribution in [1.29, 1.82) is 0 Å². The highest BCUT2D eigenvalue weighted by Crippen LogP contribution is 2.16. The Labute approximate surface area is 55.3 Å². The zero-order chi connectivity index (χ0) is 8.36. The number of alkyl halides is 3. The first-order chi connectivity index (χ1) is 4.34. The maximum Gasteiger partial charge on any atom is 1.00 e. The van der Waals surface area contributed by atoms with Crippen molar-refractivity contribution in [2.75, 3.05) is 0 Å². The molecule has 0 saturated heterocycles. The van der Waals surface area contributed by atoms with Crippen LogP contribution in [0.25, 0.3) is 0 Å². The highest BCUT2D eigenvalue weighted by molar-refractivity contribution is 5.87. The quantitative estimate of drug-likeness (QED) is 0.385. The monoisotopic (exact) mass is 157 g/mol. The average molecular weight is 157 g/mol. The van der Waals surface area contributed by atoms with Crippen LogP contribution < -0.4 is 0 Å². The molecule has 0 aliphatic heterocycles. The van der Waals surface area contributed by atoms with Crippen LogP contribution >= 0.6 is 0 Å². The summed E-state index contributed by atoms with van der Waals surface area (Å²) in [6, 6.07) is 0. The van der Waals surface area contributed by atoms with Crippen molar-refractivity contribution >= 4 is 11.9 Å². The molecule has 0 radical (unpaired) electrons. The number of carbonyl (C=O) groups is 2. The molecule has 0 N–H and O–H groups in total. The number of carbonyl (C=O) groups excluding carboxylic acids is 2. The van der Waals surface area contributed by atoms with Crippen molar-refractivity contribution in [1.82, 2.24) is 0 Å². The second-order valence-corrected chi connectivity index (χ2v) is 1.38. The van der Waals surface area contributed by atoms with Crippen LogP contribution in [0.15, 0.2) is 0 Å². The smallest absolute Gasteiger partial charge is 0.387 e. The molecule has 10 heavy (non-hydrogen) atoms. The molecule has 0 amide bonds. The molecule has 0 aliphatic rings. The van der Waals surface area contributed by atoms with Gasteiger partial charge in [0.25, 0.3) is 0 Å². The fourth-order valence-corrected chi connectivity index (χ4v) is 0.188. The van der Waals surface area contributed by atoms with Crippen LogP contribution in [-0.4, -0.2) is 18.1 Å². The standard InChI is InChI=1S/C4H3F3O3/c1-2(8)10-3(9)4(5,6)7/h1H3/p+1. The Morgan fingerprint density at radius 1 is 1.40 bits per heavy atom. The van der Waals surface area contributed by atoms with E-state index in [0.29, 0.717) is 6.92 Å². The molecule has 0 unspecified atom stereocenters. The number of hydrogen-bond donors (Lipinski definition) is 0. The Bertz CT molecular complexity index is 164. The second kappa shape index (κ2) is 2.68.